The summed E-state index contributed by atoms with van der Waals surface area (Å²) in [6, 6.07) is 11.3. The van der Waals surface area contributed by atoms with Gasteiger partial charge >= 0.3 is 0 Å². The van der Waals surface area contributed by atoms with Crippen molar-refractivity contribution in [3.8, 4) is 11.5 Å². The first-order valence-electron chi connectivity index (χ1n) is 12.1. The van der Waals surface area contributed by atoms with Crippen LogP contribution in [0.5, 0.6) is 11.5 Å². The van der Waals surface area contributed by atoms with Gasteiger partial charge in [-0.3, -0.25) is 13.9 Å². The smallest absolute Gasteiger partial charge is 0.244 e. The molecule has 1 saturated carbocycles. The first-order valence-corrected chi connectivity index (χ1v) is 14.7. The second-order valence-electron chi connectivity index (χ2n) is 9.12. The lowest BCUT2D eigenvalue weighted by molar-refractivity contribution is -0.139. The summed E-state index contributed by atoms with van der Waals surface area (Å²) in [6.45, 7) is 1.34. The Labute approximate surface area is 227 Å². The third kappa shape index (κ3) is 7.61. The number of ether oxygens (including phenoxy) is 2. The van der Waals surface area contributed by atoms with Crippen LogP contribution in [0, 0.1) is 0 Å². The van der Waals surface area contributed by atoms with Gasteiger partial charge in [-0.25, -0.2) is 8.42 Å². The summed E-state index contributed by atoms with van der Waals surface area (Å²) in [7, 11) is -0.925. The molecule has 2 aromatic rings. The van der Waals surface area contributed by atoms with Crippen molar-refractivity contribution >= 4 is 43.5 Å². The lowest BCUT2D eigenvalue weighted by Gasteiger charge is -2.32. The van der Waals surface area contributed by atoms with Gasteiger partial charge in [-0.15, -0.1) is 0 Å². The standard InChI is InChI=1S/C26H34BrN3O6S/c1-18(26(32)28-21-7-5-6-8-21)29(16-19-9-11-20(27)12-10-19)25(31)17-30(37(4,33)34)22-13-14-23(35-2)24(15-22)36-3/h9-15,18,21H,5-8,16-17H2,1-4H3,(H,28,32). The lowest BCUT2D eigenvalue weighted by Crippen LogP contribution is -2.52. The van der Waals surface area contributed by atoms with Gasteiger partial charge in [0.15, 0.2) is 11.5 Å². The Bertz CT molecular complexity index is 1200. The van der Waals surface area contributed by atoms with Crippen LogP contribution in [0.25, 0.3) is 0 Å². The van der Waals surface area contributed by atoms with Crippen LogP contribution in [0.4, 0.5) is 5.69 Å². The van der Waals surface area contributed by atoms with Gasteiger partial charge < -0.3 is 19.7 Å². The first-order chi connectivity index (χ1) is 17.5. The van der Waals surface area contributed by atoms with Crippen molar-refractivity contribution in [3.05, 3.63) is 52.5 Å². The normalized spacial score (nSPS) is 14.6. The number of amides is 2. The number of rotatable bonds is 11. The van der Waals surface area contributed by atoms with Crippen LogP contribution in [0.3, 0.4) is 0 Å². The Hall–Kier alpha value is -2.79. The Kier molecular flexibility index (Phi) is 9.83. The van der Waals surface area contributed by atoms with E-state index in [2.05, 4.69) is 21.2 Å². The van der Waals surface area contributed by atoms with E-state index in [9.17, 15) is 18.0 Å². The number of methoxy groups -OCH3 is 2. The topological polar surface area (TPSA) is 105 Å². The lowest BCUT2D eigenvalue weighted by atomic mass is 10.1. The molecule has 9 nitrogen and oxygen atoms in total. The van der Waals surface area contributed by atoms with Crippen LogP contribution in [0.1, 0.15) is 38.2 Å². The van der Waals surface area contributed by atoms with Gasteiger partial charge in [-0.2, -0.15) is 0 Å². The van der Waals surface area contributed by atoms with E-state index in [1.807, 2.05) is 24.3 Å². The SMILES string of the molecule is COc1ccc(N(CC(=O)N(Cc2ccc(Br)cc2)C(C)C(=O)NC2CCCC2)S(C)(=O)=O)cc1OC. The molecule has 2 amide bonds. The van der Waals surface area contributed by atoms with Gasteiger partial charge in [0, 0.05) is 23.1 Å². The van der Waals surface area contributed by atoms with E-state index in [0.29, 0.717) is 11.5 Å². The number of hydrogen-bond donors (Lipinski definition) is 1. The van der Waals surface area contributed by atoms with Gasteiger partial charge in [0.25, 0.3) is 0 Å². The van der Waals surface area contributed by atoms with Gasteiger partial charge in [-0.1, -0.05) is 40.9 Å². The molecule has 0 radical (unpaired) electrons. The molecule has 1 N–H and O–H groups in total. The van der Waals surface area contributed by atoms with Gasteiger partial charge in [0.05, 0.1) is 26.2 Å². The highest BCUT2D eigenvalue weighted by Gasteiger charge is 2.31. The molecule has 202 valence electrons. The molecular weight excluding hydrogens is 562 g/mol. The van der Waals surface area contributed by atoms with E-state index in [-0.39, 0.29) is 24.2 Å². The number of carbonyl (C=O) groups excluding carboxylic acids is 2. The van der Waals surface area contributed by atoms with Crippen molar-refractivity contribution in [1.82, 2.24) is 10.2 Å². The van der Waals surface area contributed by atoms with Crippen LogP contribution >= 0.6 is 15.9 Å². The van der Waals surface area contributed by atoms with Crippen LogP contribution < -0.4 is 19.1 Å². The van der Waals surface area contributed by atoms with Crippen LogP contribution in [0.2, 0.25) is 0 Å². The summed E-state index contributed by atoms with van der Waals surface area (Å²) >= 11 is 3.41. The van der Waals surface area contributed by atoms with Gasteiger partial charge in [-0.05, 0) is 49.6 Å². The number of anilines is 1. The Morgan fingerprint density at radius 2 is 1.68 bits per heavy atom. The molecule has 3 rings (SSSR count). The fourth-order valence-corrected chi connectivity index (χ4v) is 5.46. The molecular formula is C26H34BrN3O6S. The van der Waals surface area contributed by atoms with Crippen LogP contribution in [0.15, 0.2) is 46.9 Å². The number of halogens is 1. The molecule has 11 heteroatoms. The molecule has 0 aromatic heterocycles. The van der Waals surface area contributed by atoms with E-state index < -0.39 is 28.5 Å². The molecule has 1 unspecified atom stereocenters. The van der Waals surface area contributed by atoms with Crippen molar-refractivity contribution in [2.75, 3.05) is 31.3 Å². The number of sulfonamides is 1. The van der Waals surface area contributed by atoms with Crippen molar-refractivity contribution in [1.29, 1.82) is 0 Å². The van der Waals surface area contributed by atoms with E-state index in [4.69, 9.17) is 9.47 Å². The molecule has 0 heterocycles. The third-order valence-corrected chi connectivity index (χ3v) is 8.14. The quantitative estimate of drug-likeness (QED) is 0.424. The molecule has 0 bridgehead atoms. The largest absolute Gasteiger partial charge is 0.493 e. The summed E-state index contributed by atoms with van der Waals surface area (Å²) in [5.41, 5.74) is 1.06. The van der Waals surface area contributed by atoms with E-state index in [1.54, 1.807) is 19.1 Å². The minimum Gasteiger partial charge on any atom is -0.493 e. The number of nitrogens with one attached hydrogen (secondary N) is 1. The molecule has 0 aliphatic heterocycles. The van der Waals surface area contributed by atoms with Crippen molar-refractivity contribution in [2.45, 2.75) is 51.2 Å². The van der Waals surface area contributed by atoms with E-state index >= 15 is 0 Å². The van der Waals surface area contributed by atoms with Crippen LogP contribution in [-0.2, 0) is 26.2 Å². The summed E-state index contributed by atoms with van der Waals surface area (Å²) in [4.78, 5) is 28.2. The Morgan fingerprint density at radius 3 is 2.24 bits per heavy atom. The highest BCUT2D eigenvalue weighted by Crippen LogP contribution is 2.32. The molecule has 2 aromatic carbocycles. The van der Waals surface area contributed by atoms with E-state index in [1.165, 1.54) is 25.2 Å². The predicted octanol–water partition coefficient (Wildman–Crippen LogP) is 3.71. The zero-order chi connectivity index (χ0) is 27.2. The fourth-order valence-electron chi connectivity index (χ4n) is 4.35. The predicted molar refractivity (Wildman–Crippen MR) is 146 cm³/mol. The molecule has 0 saturated heterocycles. The zero-order valence-electron chi connectivity index (χ0n) is 21.6. The monoisotopic (exact) mass is 595 g/mol. The maximum absolute atomic E-state index is 13.7. The molecule has 1 fully saturated rings. The average molecular weight is 597 g/mol. The molecule has 1 atom stereocenters. The van der Waals surface area contributed by atoms with Crippen LogP contribution in [-0.4, -0.2) is 64.2 Å². The van der Waals surface area contributed by atoms with Crippen molar-refractivity contribution in [2.24, 2.45) is 0 Å². The Morgan fingerprint density at radius 1 is 1.05 bits per heavy atom. The highest BCUT2D eigenvalue weighted by atomic mass is 79.9. The van der Waals surface area contributed by atoms with Gasteiger partial charge in [0.1, 0.15) is 12.6 Å². The fraction of sp³-hybridized carbons (Fsp3) is 0.462. The number of nitrogens with zero attached hydrogens (tertiary/aromatic N) is 2. The number of benzene rings is 2. The highest BCUT2D eigenvalue weighted by molar-refractivity contribution is 9.10. The summed E-state index contributed by atoms with van der Waals surface area (Å²) in [5.74, 6) is 0.00353. The second kappa shape index (κ2) is 12.6. The first kappa shape index (κ1) is 28.8. The Balaban J connectivity index is 1.90. The second-order valence-corrected chi connectivity index (χ2v) is 11.9. The maximum atomic E-state index is 13.7. The number of carbonyl (C=O) groups is 2. The van der Waals surface area contributed by atoms with E-state index in [0.717, 1.165) is 46.3 Å². The summed E-state index contributed by atoms with van der Waals surface area (Å²) < 4.78 is 38.0. The minimum atomic E-state index is -3.85. The molecule has 1 aliphatic rings. The summed E-state index contributed by atoms with van der Waals surface area (Å²) in [5, 5.41) is 3.05. The number of hydrogen-bond acceptors (Lipinski definition) is 6. The van der Waals surface area contributed by atoms with Crippen molar-refractivity contribution < 1.29 is 27.5 Å². The molecule has 1 aliphatic carbocycles. The van der Waals surface area contributed by atoms with Gasteiger partial charge in [0.2, 0.25) is 21.8 Å². The third-order valence-electron chi connectivity index (χ3n) is 6.47. The molecule has 37 heavy (non-hydrogen) atoms. The zero-order valence-corrected chi connectivity index (χ0v) is 24.0. The minimum absolute atomic E-state index is 0.0962. The summed E-state index contributed by atoms with van der Waals surface area (Å²) in [6.07, 6.45) is 5.00. The maximum Gasteiger partial charge on any atom is 0.244 e. The molecule has 0 spiro atoms. The average Bonchev–Trinajstić information content (AvgIpc) is 3.38. The van der Waals surface area contributed by atoms with Crippen molar-refractivity contribution in [3.63, 3.8) is 0 Å².